The highest BCUT2D eigenvalue weighted by atomic mass is 19.1. The first-order valence-electron chi connectivity index (χ1n) is 6.23. The first-order valence-corrected chi connectivity index (χ1v) is 6.23. The van der Waals surface area contributed by atoms with Crippen LogP contribution in [0.1, 0.15) is 25.3 Å². The number of hydrogen-bond donors (Lipinski definition) is 3. The molecular formula is C15H14FNO4. The van der Waals surface area contributed by atoms with Crippen LogP contribution >= 0.6 is 0 Å². The number of hydrogen-bond acceptors (Lipinski definition) is 3. The van der Waals surface area contributed by atoms with Crippen molar-refractivity contribution in [3.05, 3.63) is 58.2 Å². The third-order valence-electron chi connectivity index (χ3n) is 3.40. The molecule has 1 aromatic rings. The fourth-order valence-electron chi connectivity index (χ4n) is 2.58. The van der Waals surface area contributed by atoms with Gasteiger partial charge in [-0.15, -0.1) is 0 Å². The molecule has 0 spiro atoms. The van der Waals surface area contributed by atoms with Crippen molar-refractivity contribution in [2.75, 3.05) is 0 Å². The topological polar surface area (TPSA) is 86.6 Å². The molecule has 0 bridgehead atoms. The Hall–Kier alpha value is -2.63. The lowest BCUT2D eigenvalue weighted by Crippen LogP contribution is -2.31. The minimum atomic E-state index is -1.24. The van der Waals surface area contributed by atoms with E-state index in [0.29, 0.717) is 17.0 Å². The molecule has 0 unspecified atom stereocenters. The van der Waals surface area contributed by atoms with Crippen LogP contribution in [0.2, 0.25) is 0 Å². The molecule has 1 aliphatic rings. The van der Waals surface area contributed by atoms with Crippen molar-refractivity contribution in [1.82, 2.24) is 5.32 Å². The maximum atomic E-state index is 13.4. The molecule has 6 heteroatoms. The van der Waals surface area contributed by atoms with Crippen LogP contribution in [0.4, 0.5) is 4.39 Å². The summed E-state index contributed by atoms with van der Waals surface area (Å²) in [4.78, 5) is 23.0. The minimum absolute atomic E-state index is 0.0939. The zero-order valence-corrected chi connectivity index (χ0v) is 11.5. The normalized spacial score (nSPS) is 16.0. The van der Waals surface area contributed by atoms with Crippen molar-refractivity contribution in [2.45, 2.75) is 19.8 Å². The SMILES string of the molecule is CC1=C(C(=O)O)C(c2cccc(F)c2)C(C(=O)O)=C(C)N1. The van der Waals surface area contributed by atoms with Gasteiger partial charge < -0.3 is 15.5 Å². The van der Waals surface area contributed by atoms with Crippen LogP contribution in [0.15, 0.2) is 46.8 Å². The molecule has 0 atom stereocenters. The van der Waals surface area contributed by atoms with E-state index in [1.165, 1.54) is 18.2 Å². The van der Waals surface area contributed by atoms with E-state index in [1.807, 2.05) is 0 Å². The molecular weight excluding hydrogens is 277 g/mol. The summed E-state index contributed by atoms with van der Waals surface area (Å²) in [5.74, 6) is -4.03. The van der Waals surface area contributed by atoms with E-state index in [9.17, 15) is 24.2 Å². The fourth-order valence-corrected chi connectivity index (χ4v) is 2.58. The van der Waals surface area contributed by atoms with Crippen molar-refractivity contribution < 1.29 is 24.2 Å². The summed E-state index contributed by atoms with van der Waals surface area (Å²) < 4.78 is 13.4. The third-order valence-corrected chi connectivity index (χ3v) is 3.40. The Morgan fingerprint density at radius 1 is 1.10 bits per heavy atom. The van der Waals surface area contributed by atoms with Crippen LogP contribution in [-0.2, 0) is 9.59 Å². The lowest BCUT2D eigenvalue weighted by Gasteiger charge is -2.28. The van der Waals surface area contributed by atoms with Gasteiger partial charge >= 0.3 is 11.9 Å². The Kier molecular flexibility index (Phi) is 3.80. The van der Waals surface area contributed by atoms with Gasteiger partial charge in [0.1, 0.15) is 5.82 Å². The Morgan fingerprint density at radius 2 is 1.62 bits per heavy atom. The average Bonchev–Trinajstić information content (AvgIpc) is 2.36. The minimum Gasteiger partial charge on any atom is -0.478 e. The lowest BCUT2D eigenvalue weighted by molar-refractivity contribution is -0.133. The molecule has 3 N–H and O–H groups in total. The summed E-state index contributed by atoms with van der Waals surface area (Å²) in [7, 11) is 0. The monoisotopic (exact) mass is 291 g/mol. The van der Waals surface area contributed by atoms with Gasteiger partial charge in [0.25, 0.3) is 0 Å². The molecule has 1 aromatic carbocycles. The van der Waals surface area contributed by atoms with Crippen molar-refractivity contribution in [1.29, 1.82) is 0 Å². The molecule has 0 saturated heterocycles. The standard InChI is InChI=1S/C15H14FNO4/c1-7-11(14(18)19)13(9-4-3-5-10(16)6-9)12(15(20)21)8(2)17-7/h3-6,13,17H,1-2H3,(H,18,19)(H,20,21). The molecule has 0 aliphatic carbocycles. The highest BCUT2D eigenvalue weighted by Crippen LogP contribution is 2.38. The van der Waals surface area contributed by atoms with Crippen molar-refractivity contribution in [3.8, 4) is 0 Å². The van der Waals surface area contributed by atoms with Crippen LogP contribution < -0.4 is 5.32 Å². The number of rotatable bonds is 3. The van der Waals surface area contributed by atoms with E-state index < -0.39 is 23.7 Å². The zero-order chi connectivity index (χ0) is 15.7. The van der Waals surface area contributed by atoms with Crippen LogP contribution in [0.5, 0.6) is 0 Å². The highest BCUT2D eigenvalue weighted by molar-refractivity contribution is 5.98. The maximum absolute atomic E-state index is 13.4. The number of nitrogens with one attached hydrogen (secondary N) is 1. The Morgan fingerprint density at radius 3 is 2.05 bits per heavy atom. The van der Waals surface area contributed by atoms with Gasteiger partial charge in [-0.1, -0.05) is 12.1 Å². The van der Waals surface area contributed by atoms with E-state index in [1.54, 1.807) is 13.8 Å². The summed E-state index contributed by atoms with van der Waals surface area (Å²) >= 11 is 0. The second kappa shape index (κ2) is 5.40. The van der Waals surface area contributed by atoms with Gasteiger partial charge in [0.2, 0.25) is 0 Å². The molecule has 1 aliphatic heterocycles. The van der Waals surface area contributed by atoms with Gasteiger partial charge in [-0.2, -0.15) is 0 Å². The summed E-state index contributed by atoms with van der Waals surface area (Å²) in [6, 6.07) is 5.32. The average molecular weight is 291 g/mol. The van der Waals surface area contributed by atoms with E-state index >= 15 is 0 Å². The van der Waals surface area contributed by atoms with E-state index in [0.717, 1.165) is 6.07 Å². The smallest absolute Gasteiger partial charge is 0.334 e. The van der Waals surface area contributed by atoms with Crippen LogP contribution in [0.3, 0.4) is 0 Å². The predicted molar refractivity (Wildman–Crippen MR) is 72.9 cm³/mol. The maximum Gasteiger partial charge on any atom is 0.334 e. The molecule has 110 valence electrons. The van der Waals surface area contributed by atoms with Crippen molar-refractivity contribution in [3.63, 3.8) is 0 Å². The van der Waals surface area contributed by atoms with E-state index in [2.05, 4.69) is 5.32 Å². The van der Waals surface area contributed by atoms with Crippen LogP contribution in [-0.4, -0.2) is 22.2 Å². The Labute approximate surface area is 120 Å². The quantitative estimate of drug-likeness (QED) is 0.795. The van der Waals surface area contributed by atoms with E-state index in [4.69, 9.17) is 0 Å². The number of dihydropyridines is 1. The van der Waals surface area contributed by atoms with Crippen molar-refractivity contribution in [2.24, 2.45) is 0 Å². The predicted octanol–water partition coefficient (Wildman–Crippen LogP) is 2.23. The summed E-state index contributed by atoms with van der Waals surface area (Å²) in [6.45, 7) is 3.11. The van der Waals surface area contributed by atoms with Gasteiger partial charge in [0.15, 0.2) is 0 Å². The largest absolute Gasteiger partial charge is 0.478 e. The van der Waals surface area contributed by atoms with Crippen LogP contribution in [0, 0.1) is 5.82 Å². The summed E-state index contributed by atoms with van der Waals surface area (Å²) in [5.41, 5.74) is 0.802. The molecule has 2 rings (SSSR count). The second-order valence-electron chi connectivity index (χ2n) is 4.80. The summed E-state index contributed by atoms with van der Waals surface area (Å²) in [6.07, 6.45) is 0. The molecule has 0 aromatic heterocycles. The number of carbonyl (C=O) groups is 2. The van der Waals surface area contributed by atoms with Gasteiger partial charge in [-0.3, -0.25) is 0 Å². The number of benzene rings is 1. The lowest BCUT2D eigenvalue weighted by atomic mass is 9.80. The molecule has 0 fully saturated rings. The summed E-state index contributed by atoms with van der Waals surface area (Å²) in [5, 5.41) is 21.5. The first kappa shape index (κ1) is 14.8. The Balaban J connectivity index is 2.70. The second-order valence-corrected chi connectivity index (χ2v) is 4.80. The van der Waals surface area contributed by atoms with Gasteiger partial charge in [0, 0.05) is 11.4 Å². The number of aliphatic carboxylic acids is 2. The highest BCUT2D eigenvalue weighted by Gasteiger charge is 2.36. The van der Waals surface area contributed by atoms with Gasteiger partial charge in [-0.25, -0.2) is 14.0 Å². The number of carboxylic acids is 2. The molecule has 1 heterocycles. The zero-order valence-electron chi connectivity index (χ0n) is 11.5. The van der Waals surface area contributed by atoms with Crippen molar-refractivity contribution >= 4 is 11.9 Å². The molecule has 21 heavy (non-hydrogen) atoms. The van der Waals surface area contributed by atoms with Gasteiger partial charge in [0.05, 0.1) is 17.1 Å². The van der Waals surface area contributed by atoms with E-state index in [-0.39, 0.29) is 11.1 Å². The number of carboxylic acid groups (broad SMARTS) is 2. The fraction of sp³-hybridized carbons (Fsp3) is 0.200. The number of halogens is 1. The number of allylic oxidation sites excluding steroid dienone is 2. The molecule has 0 radical (unpaired) electrons. The first-order chi connectivity index (χ1) is 9.82. The van der Waals surface area contributed by atoms with Crippen LogP contribution in [0.25, 0.3) is 0 Å². The molecule has 0 amide bonds. The molecule has 0 saturated carbocycles. The molecule has 5 nitrogen and oxygen atoms in total. The Bertz CT molecular complexity index is 655. The third kappa shape index (κ3) is 2.65. The van der Waals surface area contributed by atoms with Gasteiger partial charge in [-0.05, 0) is 31.5 Å².